The standard InChI is InChI=1S/C16H12ClF3N2O2/c1-24-21-9-10-2-4-11(5-3-10)15(23)22-12-6-7-14(17)13(8-12)16(18,19)20/h2-9H,1H3,(H,22,23)/b21-9+. The van der Waals surface area contributed by atoms with Crippen LogP contribution in [0.1, 0.15) is 21.5 Å². The third-order valence-electron chi connectivity index (χ3n) is 3.01. The Morgan fingerprint density at radius 1 is 1.21 bits per heavy atom. The van der Waals surface area contributed by atoms with Crippen LogP contribution >= 0.6 is 11.6 Å². The number of carbonyl (C=O) groups is 1. The summed E-state index contributed by atoms with van der Waals surface area (Å²) < 4.78 is 38.4. The van der Waals surface area contributed by atoms with Gasteiger partial charge in [0, 0.05) is 11.3 Å². The molecule has 24 heavy (non-hydrogen) atoms. The third kappa shape index (κ3) is 4.48. The first-order valence-electron chi connectivity index (χ1n) is 6.66. The molecule has 0 bridgehead atoms. The molecule has 0 aliphatic heterocycles. The minimum atomic E-state index is -4.60. The number of hydrogen-bond donors (Lipinski definition) is 1. The number of rotatable bonds is 4. The van der Waals surface area contributed by atoms with Crippen molar-refractivity contribution >= 4 is 29.4 Å². The maximum atomic E-state index is 12.8. The Kier molecular flexibility index (Phi) is 5.46. The van der Waals surface area contributed by atoms with E-state index in [0.29, 0.717) is 5.56 Å². The fraction of sp³-hybridized carbons (Fsp3) is 0.125. The molecular formula is C16H12ClF3N2O2. The Morgan fingerprint density at radius 3 is 2.46 bits per heavy atom. The normalized spacial score (nSPS) is 11.5. The average Bonchev–Trinajstić information content (AvgIpc) is 2.54. The summed E-state index contributed by atoms with van der Waals surface area (Å²) in [6.45, 7) is 0. The zero-order valence-electron chi connectivity index (χ0n) is 12.4. The summed E-state index contributed by atoms with van der Waals surface area (Å²) in [5, 5.41) is 5.56. The van der Waals surface area contributed by atoms with E-state index in [1.807, 2.05) is 0 Å². The molecule has 0 heterocycles. The number of oxime groups is 1. The molecule has 0 saturated carbocycles. The maximum absolute atomic E-state index is 12.8. The first-order valence-corrected chi connectivity index (χ1v) is 7.04. The highest BCUT2D eigenvalue weighted by molar-refractivity contribution is 6.31. The Morgan fingerprint density at radius 2 is 1.88 bits per heavy atom. The molecule has 126 valence electrons. The number of anilines is 1. The molecule has 0 saturated heterocycles. The van der Waals surface area contributed by atoms with Gasteiger partial charge in [-0.1, -0.05) is 28.9 Å². The van der Waals surface area contributed by atoms with Gasteiger partial charge in [-0.25, -0.2) is 0 Å². The lowest BCUT2D eigenvalue weighted by Gasteiger charge is -2.12. The topological polar surface area (TPSA) is 50.7 Å². The molecule has 0 unspecified atom stereocenters. The van der Waals surface area contributed by atoms with E-state index in [9.17, 15) is 18.0 Å². The van der Waals surface area contributed by atoms with E-state index in [4.69, 9.17) is 11.6 Å². The van der Waals surface area contributed by atoms with Gasteiger partial charge in [0.1, 0.15) is 7.11 Å². The van der Waals surface area contributed by atoms with Crippen LogP contribution in [0.4, 0.5) is 18.9 Å². The fourth-order valence-electron chi connectivity index (χ4n) is 1.86. The van der Waals surface area contributed by atoms with Crippen LogP contribution < -0.4 is 5.32 Å². The molecule has 0 atom stereocenters. The molecule has 2 rings (SSSR count). The molecular weight excluding hydrogens is 345 g/mol. The van der Waals surface area contributed by atoms with Crippen molar-refractivity contribution < 1.29 is 22.8 Å². The highest BCUT2D eigenvalue weighted by Gasteiger charge is 2.33. The van der Waals surface area contributed by atoms with E-state index in [2.05, 4.69) is 15.3 Å². The van der Waals surface area contributed by atoms with Crippen LogP contribution in [0.3, 0.4) is 0 Å². The van der Waals surface area contributed by atoms with Crippen molar-refractivity contribution in [3.63, 3.8) is 0 Å². The van der Waals surface area contributed by atoms with Crippen LogP contribution in [-0.4, -0.2) is 19.2 Å². The minimum absolute atomic E-state index is 0.00162. The van der Waals surface area contributed by atoms with Gasteiger partial charge in [-0.05, 0) is 35.9 Å². The van der Waals surface area contributed by atoms with Crippen LogP contribution in [0.25, 0.3) is 0 Å². The van der Waals surface area contributed by atoms with Crippen molar-refractivity contribution in [2.24, 2.45) is 5.16 Å². The van der Waals surface area contributed by atoms with Gasteiger partial charge < -0.3 is 10.2 Å². The zero-order chi connectivity index (χ0) is 17.7. The largest absolute Gasteiger partial charge is 0.417 e. The summed E-state index contributed by atoms with van der Waals surface area (Å²) in [6.07, 6.45) is -3.14. The lowest BCUT2D eigenvalue weighted by Crippen LogP contribution is -2.13. The van der Waals surface area contributed by atoms with Crippen molar-refractivity contribution in [2.45, 2.75) is 6.18 Å². The first-order chi connectivity index (χ1) is 11.3. The Labute approximate surface area is 140 Å². The number of halogens is 4. The lowest BCUT2D eigenvalue weighted by atomic mass is 10.1. The molecule has 0 aliphatic carbocycles. The molecule has 4 nitrogen and oxygen atoms in total. The molecule has 0 radical (unpaired) electrons. The van der Waals surface area contributed by atoms with Gasteiger partial charge in [0.25, 0.3) is 5.91 Å². The van der Waals surface area contributed by atoms with Gasteiger partial charge >= 0.3 is 6.18 Å². The molecule has 0 spiro atoms. The van der Waals surface area contributed by atoms with Gasteiger partial charge in [0.05, 0.1) is 16.8 Å². The summed E-state index contributed by atoms with van der Waals surface area (Å²) in [5.41, 5.74) is -0.0119. The monoisotopic (exact) mass is 356 g/mol. The van der Waals surface area contributed by atoms with E-state index in [1.165, 1.54) is 31.5 Å². The summed E-state index contributed by atoms with van der Waals surface area (Å²) in [5.74, 6) is -0.541. The van der Waals surface area contributed by atoms with Crippen molar-refractivity contribution in [1.29, 1.82) is 0 Å². The number of hydrogen-bond acceptors (Lipinski definition) is 3. The SMILES string of the molecule is CO/N=C/c1ccc(C(=O)Nc2ccc(Cl)c(C(F)(F)F)c2)cc1. The number of carbonyl (C=O) groups excluding carboxylic acids is 1. The second kappa shape index (κ2) is 7.35. The van der Waals surface area contributed by atoms with Crippen LogP contribution in [0.2, 0.25) is 5.02 Å². The van der Waals surface area contributed by atoms with E-state index in [-0.39, 0.29) is 11.3 Å². The highest BCUT2D eigenvalue weighted by Crippen LogP contribution is 2.36. The van der Waals surface area contributed by atoms with Crippen molar-refractivity contribution in [3.8, 4) is 0 Å². The lowest BCUT2D eigenvalue weighted by molar-refractivity contribution is -0.137. The predicted octanol–water partition coefficient (Wildman–Crippen LogP) is 4.59. The molecule has 2 aromatic rings. The Bertz CT molecular complexity index is 759. The van der Waals surface area contributed by atoms with Crippen LogP contribution in [0, 0.1) is 0 Å². The first kappa shape index (κ1) is 17.8. The van der Waals surface area contributed by atoms with Crippen LogP contribution in [-0.2, 0) is 11.0 Å². The molecule has 1 N–H and O–H groups in total. The van der Waals surface area contributed by atoms with E-state index >= 15 is 0 Å². The van der Waals surface area contributed by atoms with Gasteiger partial charge in [-0.3, -0.25) is 4.79 Å². The summed E-state index contributed by atoms with van der Waals surface area (Å²) in [6, 6.07) is 9.47. The number of nitrogens with one attached hydrogen (secondary N) is 1. The van der Waals surface area contributed by atoms with Crippen LogP contribution in [0.5, 0.6) is 0 Å². The molecule has 0 aromatic heterocycles. The second-order valence-electron chi connectivity index (χ2n) is 4.69. The summed E-state index contributed by atoms with van der Waals surface area (Å²) in [4.78, 5) is 16.6. The number of alkyl halides is 3. The molecule has 1 amide bonds. The number of amides is 1. The zero-order valence-corrected chi connectivity index (χ0v) is 13.2. The van der Waals surface area contributed by atoms with Gasteiger partial charge in [-0.15, -0.1) is 0 Å². The van der Waals surface area contributed by atoms with Crippen molar-refractivity contribution in [3.05, 3.63) is 64.2 Å². The second-order valence-corrected chi connectivity index (χ2v) is 5.09. The fourth-order valence-corrected chi connectivity index (χ4v) is 2.08. The van der Waals surface area contributed by atoms with E-state index in [0.717, 1.165) is 12.1 Å². The molecule has 8 heteroatoms. The van der Waals surface area contributed by atoms with E-state index in [1.54, 1.807) is 12.1 Å². The molecule has 0 aliphatic rings. The maximum Gasteiger partial charge on any atom is 0.417 e. The summed E-state index contributed by atoms with van der Waals surface area (Å²) >= 11 is 5.54. The number of nitrogens with zero attached hydrogens (tertiary/aromatic N) is 1. The van der Waals surface area contributed by atoms with Crippen molar-refractivity contribution in [2.75, 3.05) is 12.4 Å². The van der Waals surface area contributed by atoms with Gasteiger partial charge in [0.15, 0.2) is 0 Å². The third-order valence-corrected chi connectivity index (χ3v) is 3.34. The Balaban J connectivity index is 2.16. The molecule has 0 fully saturated rings. The highest BCUT2D eigenvalue weighted by atomic mass is 35.5. The Hall–Kier alpha value is -2.54. The summed E-state index contributed by atoms with van der Waals surface area (Å²) in [7, 11) is 1.40. The van der Waals surface area contributed by atoms with Crippen molar-refractivity contribution in [1.82, 2.24) is 0 Å². The van der Waals surface area contributed by atoms with E-state index < -0.39 is 22.7 Å². The van der Waals surface area contributed by atoms with Gasteiger partial charge in [-0.2, -0.15) is 13.2 Å². The minimum Gasteiger partial charge on any atom is -0.399 e. The number of benzene rings is 2. The smallest absolute Gasteiger partial charge is 0.399 e. The van der Waals surface area contributed by atoms with Crippen LogP contribution in [0.15, 0.2) is 47.6 Å². The average molecular weight is 357 g/mol. The molecule has 2 aromatic carbocycles. The van der Waals surface area contributed by atoms with Gasteiger partial charge in [0.2, 0.25) is 0 Å². The quantitative estimate of drug-likeness (QED) is 0.643. The predicted molar refractivity (Wildman–Crippen MR) is 85.5 cm³/mol.